The lowest BCUT2D eigenvalue weighted by Gasteiger charge is -2.24. The molecule has 0 radical (unpaired) electrons. The lowest BCUT2D eigenvalue weighted by Crippen LogP contribution is -2.38. The van der Waals surface area contributed by atoms with Crippen LogP contribution in [-0.2, 0) is 5.75 Å². The number of hydrogen-bond acceptors (Lipinski definition) is 3. The number of nitrogens with zero attached hydrogens (tertiary/aromatic N) is 2. The van der Waals surface area contributed by atoms with Gasteiger partial charge in [0.25, 0.3) is 0 Å². The van der Waals surface area contributed by atoms with E-state index in [4.69, 9.17) is 5.26 Å². The van der Waals surface area contributed by atoms with Crippen molar-refractivity contribution in [1.29, 1.82) is 5.26 Å². The number of urea groups is 1. The van der Waals surface area contributed by atoms with Gasteiger partial charge in [-0.3, -0.25) is 0 Å². The van der Waals surface area contributed by atoms with Crippen LogP contribution in [0.3, 0.4) is 0 Å². The molecule has 0 heterocycles. The fourth-order valence-electron chi connectivity index (χ4n) is 1.80. The molecule has 1 atom stereocenters. The summed E-state index contributed by atoms with van der Waals surface area (Å²) in [5.74, 6) is 0.927. The van der Waals surface area contributed by atoms with Gasteiger partial charge in [-0.25, -0.2) is 4.79 Å². The van der Waals surface area contributed by atoms with Crippen molar-refractivity contribution in [2.45, 2.75) is 32.1 Å². The van der Waals surface area contributed by atoms with Gasteiger partial charge in [0.2, 0.25) is 0 Å². The van der Waals surface area contributed by atoms with Gasteiger partial charge in [-0.1, -0.05) is 12.1 Å². The van der Waals surface area contributed by atoms with Gasteiger partial charge in [-0.2, -0.15) is 17.0 Å². The summed E-state index contributed by atoms with van der Waals surface area (Å²) < 4.78 is 0. The monoisotopic (exact) mass is 291 g/mol. The number of carbonyl (C=O) groups excluding carboxylic acids is 1. The van der Waals surface area contributed by atoms with E-state index in [1.165, 1.54) is 5.56 Å². The van der Waals surface area contributed by atoms with Crippen LogP contribution in [0.2, 0.25) is 0 Å². The first-order valence-corrected chi connectivity index (χ1v) is 7.88. The van der Waals surface area contributed by atoms with Crippen LogP contribution in [0.5, 0.6) is 0 Å². The molecule has 5 heteroatoms. The smallest absolute Gasteiger partial charge is 0.321 e. The summed E-state index contributed by atoms with van der Waals surface area (Å²) in [7, 11) is 1.71. The molecule has 0 fully saturated rings. The standard InChI is InChI=1S/C15H21N3OS/c1-11(8-9-16)18(3)15(19)17-14-7-5-6-13(10-20-4)12(14)2/h5-7,11H,8,10H2,1-4H3,(H,17,19). The average Bonchev–Trinajstić information content (AvgIpc) is 2.42. The van der Waals surface area contributed by atoms with Crippen molar-refractivity contribution in [3.8, 4) is 6.07 Å². The number of nitriles is 1. The molecule has 0 aliphatic carbocycles. The molecule has 1 unspecified atom stereocenters. The third-order valence-electron chi connectivity index (χ3n) is 3.36. The quantitative estimate of drug-likeness (QED) is 0.901. The number of carbonyl (C=O) groups is 1. The van der Waals surface area contributed by atoms with Crippen LogP contribution in [0.25, 0.3) is 0 Å². The number of thioether (sulfide) groups is 1. The maximum absolute atomic E-state index is 12.2. The minimum atomic E-state index is -0.183. The highest BCUT2D eigenvalue weighted by Gasteiger charge is 2.16. The van der Waals surface area contributed by atoms with Crippen molar-refractivity contribution < 1.29 is 4.79 Å². The number of benzene rings is 1. The predicted octanol–water partition coefficient (Wildman–Crippen LogP) is 3.62. The SMILES string of the molecule is CSCc1cccc(NC(=O)N(C)C(C)CC#N)c1C. The van der Waals surface area contributed by atoms with E-state index in [-0.39, 0.29) is 12.1 Å². The second-order valence-electron chi connectivity index (χ2n) is 4.78. The van der Waals surface area contributed by atoms with Gasteiger partial charge in [-0.15, -0.1) is 0 Å². The van der Waals surface area contributed by atoms with Crippen molar-refractivity contribution in [1.82, 2.24) is 4.90 Å². The van der Waals surface area contributed by atoms with Crippen molar-refractivity contribution in [3.05, 3.63) is 29.3 Å². The first-order valence-electron chi connectivity index (χ1n) is 6.49. The lowest BCUT2D eigenvalue weighted by atomic mass is 10.1. The number of rotatable bonds is 5. The minimum Gasteiger partial charge on any atom is -0.324 e. The molecular formula is C15H21N3OS. The van der Waals surface area contributed by atoms with E-state index in [1.54, 1.807) is 23.7 Å². The fourth-order valence-corrected chi connectivity index (χ4v) is 2.43. The summed E-state index contributed by atoms with van der Waals surface area (Å²) in [6.45, 7) is 3.87. The highest BCUT2D eigenvalue weighted by molar-refractivity contribution is 7.97. The topological polar surface area (TPSA) is 56.1 Å². The second-order valence-corrected chi connectivity index (χ2v) is 5.64. The first-order chi connectivity index (χ1) is 9.51. The zero-order chi connectivity index (χ0) is 15.1. The Bertz CT molecular complexity index is 510. The highest BCUT2D eigenvalue weighted by atomic mass is 32.2. The summed E-state index contributed by atoms with van der Waals surface area (Å²) in [5, 5.41) is 11.6. The molecule has 2 amide bonds. The molecule has 0 saturated heterocycles. The van der Waals surface area contributed by atoms with Gasteiger partial charge in [0.15, 0.2) is 0 Å². The summed E-state index contributed by atoms with van der Waals surface area (Å²) in [6.07, 6.45) is 2.39. The number of amides is 2. The summed E-state index contributed by atoms with van der Waals surface area (Å²) >= 11 is 1.76. The van der Waals surface area contributed by atoms with E-state index in [9.17, 15) is 4.79 Å². The van der Waals surface area contributed by atoms with E-state index >= 15 is 0 Å². The van der Waals surface area contributed by atoms with Crippen LogP contribution >= 0.6 is 11.8 Å². The summed E-state index contributed by atoms with van der Waals surface area (Å²) in [4.78, 5) is 13.7. The number of nitrogens with one attached hydrogen (secondary N) is 1. The molecule has 1 rings (SSSR count). The first kappa shape index (κ1) is 16.4. The van der Waals surface area contributed by atoms with Crippen LogP contribution in [0.15, 0.2) is 18.2 Å². The molecule has 1 N–H and O–H groups in total. The Morgan fingerprint density at radius 3 is 2.85 bits per heavy atom. The van der Waals surface area contributed by atoms with Crippen LogP contribution in [0, 0.1) is 18.3 Å². The van der Waals surface area contributed by atoms with Crippen molar-refractivity contribution in [2.24, 2.45) is 0 Å². The normalized spacial score (nSPS) is 11.6. The second kappa shape index (κ2) is 7.81. The Morgan fingerprint density at radius 2 is 2.25 bits per heavy atom. The predicted molar refractivity (Wildman–Crippen MR) is 84.9 cm³/mol. The molecule has 0 bridgehead atoms. The van der Waals surface area contributed by atoms with E-state index < -0.39 is 0 Å². The molecule has 108 valence electrons. The highest BCUT2D eigenvalue weighted by Crippen LogP contribution is 2.22. The van der Waals surface area contributed by atoms with E-state index in [0.29, 0.717) is 6.42 Å². The molecule has 1 aromatic rings. The minimum absolute atomic E-state index is 0.102. The van der Waals surface area contributed by atoms with Crippen LogP contribution < -0.4 is 5.32 Å². The fraction of sp³-hybridized carbons (Fsp3) is 0.467. The summed E-state index contributed by atoms with van der Waals surface area (Å²) in [5.41, 5.74) is 3.15. The van der Waals surface area contributed by atoms with Gasteiger partial charge < -0.3 is 10.2 Å². The Hall–Kier alpha value is -1.67. The lowest BCUT2D eigenvalue weighted by molar-refractivity contribution is 0.208. The third-order valence-corrected chi connectivity index (χ3v) is 3.96. The molecular weight excluding hydrogens is 270 g/mol. The van der Waals surface area contributed by atoms with Crippen LogP contribution in [0.1, 0.15) is 24.5 Å². The Labute approximate surface area is 125 Å². The molecule has 0 spiro atoms. The van der Waals surface area contributed by atoms with Crippen molar-refractivity contribution in [2.75, 3.05) is 18.6 Å². The third kappa shape index (κ3) is 4.17. The van der Waals surface area contributed by atoms with Gasteiger partial charge >= 0.3 is 6.03 Å². The van der Waals surface area contributed by atoms with Gasteiger partial charge in [-0.05, 0) is 37.3 Å². The summed E-state index contributed by atoms with van der Waals surface area (Å²) in [6, 6.07) is 7.72. The zero-order valence-corrected chi connectivity index (χ0v) is 13.3. The molecule has 1 aromatic carbocycles. The molecule has 20 heavy (non-hydrogen) atoms. The van der Waals surface area contributed by atoms with Gasteiger partial charge in [0.1, 0.15) is 0 Å². The van der Waals surface area contributed by atoms with Crippen LogP contribution in [-0.4, -0.2) is 30.3 Å². The van der Waals surface area contributed by atoms with E-state index in [2.05, 4.69) is 23.7 Å². The number of hydrogen-bond donors (Lipinski definition) is 1. The van der Waals surface area contributed by atoms with Crippen molar-refractivity contribution >= 4 is 23.5 Å². The largest absolute Gasteiger partial charge is 0.324 e. The number of anilines is 1. The molecule has 4 nitrogen and oxygen atoms in total. The van der Waals surface area contributed by atoms with Crippen molar-refractivity contribution in [3.63, 3.8) is 0 Å². The Morgan fingerprint density at radius 1 is 1.55 bits per heavy atom. The molecule has 0 aliphatic heterocycles. The van der Waals surface area contributed by atoms with Crippen LogP contribution in [0.4, 0.5) is 10.5 Å². The maximum Gasteiger partial charge on any atom is 0.321 e. The van der Waals surface area contributed by atoms with E-state index in [1.807, 2.05) is 26.0 Å². The maximum atomic E-state index is 12.2. The molecule has 0 aromatic heterocycles. The van der Waals surface area contributed by atoms with E-state index in [0.717, 1.165) is 17.0 Å². The molecule has 0 saturated carbocycles. The zero-order valence-electron chi connectivity index (χ0n) is 12.4. The van der Waals surface area contributed by atoms with Gasteiger partial charge in [0, 0.05) is 24.5 Å². The Kier molecular flexibility index (Phi) is 6.40. The Balaban J connectivity index is 2.81. The van der Waals surface area contributed by atoms with Gasteiger partial charge in [0.05, 0.1) is 12.5 Å². The molecule has 0 aliphatic rings. The average molecular weight is 291 g/mol.